The second kappa shape index (κ2) is 9.28. The van der Waals surface area contributed by atoms with Crippen LogP contribution in [-0.4, -0.2) is 33.0 Å². The van der Waals surface area contributed by atoms with Crippen LogP contribution in [0.25, 0.3) is 6.08 Å². The molecule has 0 bridgehead atoms. The van der Waals surface area contributed by atoms with Crippen LogP contribution in [0.5, 0.6) is 0 Å². The number of aromatic nitrogens is 2. The molecule has 1 aromatic carbocycles. The van der Waals surface area contributed by atoms with Gasteiger partial charge in [-0.1, -0.05) is 32.0 Å². The SMILES string of the molecule is CC(C)[C@@H](Nc1cnc(/C=C/C(=O)NO)cn1)C(=O)Nc1ccccc1. The number of amides is 2. The lowest BCUT2D eigenvalue weighted by molar-refractivity contribution is -0.124. The number of rotatable bonds is 7. The Labute approximate surface area is 151 Å². The first-order valence-electron chi connectivity index (χ1n) is 8.06. The molecular formula is C18H21N5O3. The Hall–Kier alpha value is -3.26. The molecule has 136 valence electrons. The van der Waals surface area contributed by atoms with Gasteiger partial charge >= 0.3 is 0 Å². The third-order valence-corrected chi connectivity index (χ3v) is 3.48. The van der Waals surface area contributed by atoms with E-state index in [4.69, 9.17) is 5.21 Å². The van der Waals surface area contributed by atoms with Gasteiger partial charge in [0, 0.05) is 11.8 Å². The van der Waals surface area contributed by atoms with E-state index in [9.17, 15) is 9.59 Å². The van der Waals surface area contributed by atoms with Crippen LogP contribution in [0.4, 0.5) is 11.5 Å². The molecule has 8 heteroatoms. The number of hydrogen-bond donors (Lipinski definition) is 4. The summed E-state index contributed by atoms with van der Waals surface area (Å²) in [5.41, 5.74) is 2.65. The molecule has 0 aliphatic heterocycles. The van der Waals surface area contributed by atoms with Gasteiger partial charge in [0.15, 0.2) is 0 Å². The zero-order valence-corrected chi connectivity index (χ0v) is 14.5. The average Bonchev–Trinajstić information content (AvgIpc) is 2.65. The van der Waals surface area contributed by atoms with Gasteiger partial charge in [-0.15, -0.1) is 0 Å². The third-order valence-electron chi connectivity index (χ3n) is 3.48. The predicted molar refractivity (Wildman–Crippen MR) is 98.3 cm³/mol. The molecule has 0 unspecified atom stereocenters. The summed E-state index contributed by atoms with van der Waals surface area (Å²) in [5, 5.41) is 14.4. The number of hydroxylamine groups is 1. The van der Waals surface area contributed by atoms with Crippen molar-refractivity contribution in [2.24, 2.45) is 5.92 Å². The van der Waals surface area contributed by atoms with E-state index in [1.54, 1.807) is 0 Å². The highest BCUT2D eigenvalue weighted by Gasteiger charge is 2.22. The van der Waals surface area contributed by atoms with Crippen LogP contribution in [0.2, 0.25) is 0 Å². The molecule has 0 saturated heterocycles. The Morgan fingerprint density at radius 1 is 1.12 bits per heavy atom. The summed E-state index contributed by atoms with van der Waals surface area (Å²) in [4.78, 5) is 31.8. The van der Waals surface area contributed by atoms with Crippen molar-refractivity contribution in [1.82, 2.24) is 15.4 Å². The summed E-state index contributed by atoms with van der Waals surface area (Å²) in [7, 11) is 0. The summed E-state index contributed by atoms with van der Waals surface area (Å²) in [6.45, 7) is 3.86. The fourth-order valence-corrected chi connectivity index (χ4v) is 2.13. The van der Waals surface area contributed by atoms with E-state index in [1.165, 1.54) is 23.9 Å². The van der Waals surface area contributed by atoms with Gasteiger partial charge in [0.25, 0.3) is 5.91 Å². The maximum atomic E-state index is 12.5. The van der Waals surface area contributed by atoms with Gasteiger partial charge in [-0.3, -0.25) is 19.8 Å². The van der Waals surface area contributed by atoms with Crippen molar-refractivity contribution < 1.29 is 14.8 Å². The monoisotopic (exact) mass is 355 g/mol. The predicted octanol–water partition coefficient (Wildman–Crippen LogP) is 2.07. The van der Waals surface area contributed by atoms with Crippen LogP contribution in [0.15, 0.2) is 48.8 Å². The quantitative estimate of drug-likeness (QED) is 0.343. The molecule has 26 heavy (non-hydrogen) atoms. The maximum absolute atomic E-state index is 12.5. The maximum Gasteiger partial charge on any atom is 0.267 e. The number of hydrogen-bond acceptors (Lipinski definition) is 6. The second-order valence-corrected chi connectivity index (χ2v) is 5.86. The van der Waals surface area contributed by atoms with Crippen molar-refractivity contribution in [3.63, 3.8) is 0 Å². The number of nitrogens with zero attached hydrogens (tertiary/aromatic N) is 2. The molecule has 0 fully saturated rings. The van der Waals surface area contributed by atoms with Gasteiger partial charge in [-0.2, -0.15) is 0 Å². The second-order valence-electron chi connectivity index (χ2n) is 5.86. The van der Waals surface area contributed by atoms with Crippen molar-refractivity contribution >= 4 is 29.4 Å². The van der Waals surface area contributed by atoms with Crippen LogP contribution in [0, 0.1) is 5.92 Å². The largest absolute Gasteiger partial charge is 0.357 e. The van der Waals surface area contributed by atoms with Crippen molar-refractivity contribution in [3.05, 3.63) is 54.5 Å². The highest BCUT2D eigenvalue weighted by atomic mass is 16.5. The normalized spacial score (nSPS) is 12.0. The zero-order valence-electron chi connectivity index (χ0n) is 14.5. The Bertz CT molecular complexity index is 760. The Morgan fingerprint density at radius 3 is 2.42 bits per heavy atom. The molecule has 0 aliphatic carbocycles. The van der Waals surface area contributed by atoms with Crippen LogP contribution in [-0.2, 0) is 9.59 Å². The summed E-state index contributed by atoms with van der Waals surface area (Å²) in [6, 6.07) is 8.72. The van der Waals surface area contributed by atoms with E-state index < -0.39 is 11.9 Å². The summed E-state index contributed by atoms with van der Waals surface area (Å²) < 4.78 is 0. The summed E-state index contributed by atoms with van der Waals surface area (Å²) in [5.74, 6) is -0.368. The number of carbonyl (C=O) groups is 2. The first kappa shape index (κ1) is 19.1. The molecule has 0 aliphatic rings. The van der Waals surface area contributed by atoms with Gasteiger partial charge in [-0.05, 0) is 24.1 Å². The first-order valence-corrected chi connectivity index (χ1v) is 8.06. The van der Waals surface area contributed by atoms with Crippen molar-refractivity contribution in [2.75, 3.05) is 10.6 Å². The van der Waals surface area contributed by atoms with Crippen LogP contribution < -0.4 is 16.1 Å². The number of benzene rings is 1. The lowest BCUT2D eigenvalue weighted by Gasteiger charge is -2.22. The zero-order chi connectivity index (χ0) is 18.9. The van der Waals surface area contributed by atoms with Gasteiger partial charge in [-0.25, -0.2) is 10.5 Å². The molecule has 1 atom stereocenters. The fraction of sp³-hybridized carbons (Fsp3) is 0.222. The van der Waals surface area contributed by atoms with Gasteiger partial charge in [0.05, 0.1) is 18.1 Å². The Morgan fingerprint density at radius 2 is 1.85 bits per heavy atom. The number of para-hydroxylation sites is 1. The molecule has 1 heterocycles. The molecule has 4 N–H and O–H groups in total. The molecule has 2 aromatic rings. The van der Waals surface area contributed by atoms with Crippen molar-refractivity contribution in [3.8, 4) is 0 Å². The van der Waals surface area contributed by atoms with Gasteiger partial charge < -0.3 is 10.6 Å². The lowest BCUT2D eigenvalue weighted by Crippen LogP contribution is -2.39. The van der Waals surface area contributed by atoms with Crippen molar-refractivity contribution in [2.45, 2.75) is 19.9 Å². The summed E-state index contributed by atoms with van der Waals surface area (Å²) >= 11 is 0. The van der Waals surface area contributed by atoms with E-state index in [-0.39, 0.29) is 11.8 Å². The van der Waals surface area contributed by atoms with Gasteiger partial charge in [0.1, 0.15) is 11.9 Å². The number of anilines is 2. The Kier molecular flexibility index (Phi) is 6.81. The highest BCUT2D eigenvalue weighted by molar-refractivity contribution is 5.96. The van der Waals surface area contributed by atoms with E-state index in [2.05, 4.69) is 20.6 Å². The molecule has 2 amide bonds. The number of carbonyl (C=O) groups excluding carboxylic acids is 2. The Balaban J connectivity index is 2.04. The van der Waals surface area contributed by atoms with E-state index in [0.29, 0.717) is 11.5 Å². The molecule has 0 spiro atoms. The van der Waals surface area contributed by atoms with Gasteiger partial charge in [0.2, 0.25) is 5.91 Å². The topological polar surface area (TPSA) is 116 Å². The van der Waals surface area contributed by atoms with E-state index in [1.807, 2.05) is 44.2 Å². The van der Waals surface area contributed by atoms with Crippen molar-refractivity contribution in [1.29, 1.82) is 0 Å². The van der Waals surface area contributed by atoms with Crippen LogP contribution in [0.3, 0.4) is 0 Å². The lowest BCUT2D eigenvalue weighted by atomic mass is 10.0. The minimum Gasteiger partial charge on any atom is -0.357 e. The van der Waals surface area contributed by atoms with E-state index in [0.717, 1.165) is 11.8 Å². The molecule has 1 aromatic heterocycles. The number of nitrogens with one attached hydrogen (secondary N) is 3. The fourth-order valence-electron chi connectivity index (χ4n) is 2.13. The van der Waals surface area contributed by atoms with Crippen LogP contribution >= 0.6 is 0 Å². The minimum absolute atomic E-state index is 0.0216. The van der Waals surface area contributed by atoms with Crippen LogP contribution in [0.1, 0.15) is 19.5 Å². The molecular weight excluding hydrogens is 334 g/mol. The smallest absolute Gasteiger partial charge is 0.267 e. The highest BCUT2D eigenvalue weighted by Crippen LogP contribution is 2.13. The average molecular weight is 355 g/mol. The van der Waals surface area contributed by atoms with E-state index >= 15 is 0 Å². The molecule has 2 rings (SSSR count). The first-order chi connectivity index (χ1) is 12.5. The standard InChI is InChI=1S/C18H21N5O3/c1-12(2)17(18(25)21-13-6-4-3-5-7-13)22-15-11-19-14(10-20-15)8-9-16(24)23-26/h3-12,17,26H,1-2H3,(H,20,22)(H,21,25)(H,23,24)/b9-8+/t17-/m1/s1. The molecule has 8 nitrogen and oxygen atoms in total. The third kappa shape index (κ3) is 5.67. The molecule has 0 saturated carbocycles. The minimum atomic E-state index is -0.661. The molecule has 0 radical (unpaired) electrons. The summed E-state index contributed by atoms with van der Waals surface area (Å²) in [6.07, 6.45) is 5.46.